The van der Waals surface area contributed by atoms with Crippen molar-refractivity contribution in [1.82, 2.24) is 4.90 Å². The van der Waals surface area contributed by atoms with Crippen molar-refractivity contribution in [1.29, 1.82) is 5.26 Å². The summed E-state index contributed by atoms with van der Waals surface area (Å²) in [6.07, 6.45) is 0. The van der Waals surface area contributed by atoms with Crippen molar-refractivity contribution in [3.05, 3.63) is 34.9 Å². The summed E-state index contributed by atoms with van der Waals surface area (Å²) in [5.74, 6) is 1.42. The van der Waals surface area contributed by atoms with Crippen LogP contribution in [0.4, 0.5) is 0 Å². The van der Waals surface area contributed by atoms with Gasteiger partial charge in [-0.25, -0.2) is 0 Å². The van der Waals surface area contributed by atoms with Gasteiger partial charge in [-0.05, 0) is 30.2 Å². The van der Waals surface area contributed by atoms with Crippen molar-refractivity contribution < 1.29 is 4.79 Å². The number of aryl methyl sites for hydroxylation is 1. The van der Waals surface area contributed by atoms with Crippen LogP contribution in [0.15, 0.2) is 18.2 Å². The Balaban J connectivity index is 2.53. The van der Waals surface area contributed by atoms with E-state index in [0.717, 1.165) is 11.3 Å². The molecule has 1 aromatic carbocycles. The van der Waals surface area contributed by atoms with Gasteiger partial charge in [-0.3, -0.25) is 4.79 Å². The number of nitriles is 1. The first kappa shape index (κ1) is 13.6. The molecule has 0 fully saturated rings. The molecular formula is C13H16N2OS. The van der Waals surface area contributed by atoms with Gasteiger partial charge < -0.3 is 4.90 Å². The van der Waals surface area contributed by atoms with Gasteiger partial charge >= 0.3 is 0 Å². The van der Waals surface area contributed by atoms with Crippen molar-refractivity contribution in [2.45, 2.75) is 12.7 Å². The smallest absolute Gasteiger partial charge is 0.232 e. The van der Waals surface area contributed by atoms with E-state index in [1.54, 1.807) is 30.8 Å². The van der Waals surface area contributed by atoms with Crippen LogP contribution in [0.2, 0.25) is 0 Å². The average molecular weight is 248 g/mol. The number of benzene rings is 1. The molecule has 0 unspecified atom stereocenters. The molecule has 1 amide bonds. The van der Waals surface area contributed by atoms with Gasteiger partial charge in [0.2, 0.25) is 5.91 Å². The fourth-order valence-corrected chi connectivity index (χ4v) is 2.38. The normalized spacial score (nSPS) is 9.76. The van der Waals surface area contributed by atoms with Crippen molar-refractivity contribution in [3.8, 4) is 6.07 Å². The molecule has 17 heavy (non-hydrogen) atoms. The zero-order valence-electron chi connectivity index (χ0n) is 10.4. The predicted molar refractivity (Wildman–Crippen MR) is 70.8 cm³/mol. The maximum atomic E-state index is 11.4. The van der Waals surface area contributed by atoms with Gasteiger partial charge in [-0.2, -0.15) is 5.26 Å². The minimum atomic E-state index is 0.126. The largest absolute Gasteiger partial charge is 0.348 e. The number of carbonyl (C=O) groups excluding carboxylic acids is 1. The van der Waals surface area contributed by atoms with E-state index in [2.05, 4.69) is 6.07 Å². The minimum Gasteiger partial charge on any atom is -0.348 e. The molecule has 0 saturated heterocycles. The molecule has 0 heterocycles. The summed E-state index contributed by atoms with van der Waals surface area (Å²) in [7, 11) is 3.52. The molecule has 3 nitrogen and oxygen atoms in total. The van der Waals surface area contributed by atoms with Crippen LogP contribution in [0.3, 0.4) is 0 Å². The van der Waals surface area contributed by atoms with Crippen molar-refractivity contribution in [2.75, 3.05) is 19.8 Å². The summed E-state index contributed by atoms with van der Waals surface area (Å²) < 4.78 is 0. The van der Waals surface area contributed by atoms with Crippen molar-refractivity contribution in [3.63, 3.8) is 0 Å². The van der Waals surface area contributed by atoms with Gasteiger partial charge in [0.25, 0.3) is 0 Å². The van der Waals surface area contributed by atoms with E-state index in [-0.39, 0.29) is 5.91 Å². The lowest BCUT2D eigenvalue weighted by Gasteiger charge is -2.10. The molecule has 90 valence electrons. The number of nitrogens with zero attached hydrogens (tertiary/aromatic N) is 2. The summed E-state index contributed by atoms with van der Waals surface area (Å²) in [4.78, 5) is 13.0. The molecular weight excluding hydrogens is 232 g/mol. The standard InChI is InChI=1S/C13H16N2OS/c1-10-6-11(7-14)4-5-12(10)8-17-9-13(16)15(2)3/h4-6H,8-9H2,1-3H3. The van der Waals surface area contributed by atoms with E-state index in [1.165, 1.54) is 5.56 Å². The average Bonchev–Trinajstić information content (AvgIpc) is 2.30. The molecule has 0 aliphatic heterocycles. The quantitative estimate of drug-likeness (QED) is 0.820. The molecule has 0 aliphatic rings. The Morgan fingerprint density at radius 3 is 2.71 bits per heavy atom. The molecule has 0 radical (unpaired) electrons. The van der Waals surface area contributed by atoms with E-state index in [1.807, 2.05) is 25.1 Å². The summed E-state index contributed by atoms with van der Waals surface area (Å²) in [5, 5.41) is 8.76. The third-order valence-electron chi connectivity index (χ3n) is 2.45. The van der Waals surface area contributed by atoms with Gasteiger partial charge in [0, 0.05) is 19.8 Å². The van der Waals surface area contributed by atoms with E-state index in [9.17, 15) is 4.79 Å². The lowest BCUT2D eigenvalue weighted by molar-refractivity contribution is -0.125. The van der Waals surface area contributed by atoms with Crippen LogP contribution in [0.1, 0.15) is 16.7 Å². The highest BCUT2D eigenvalue weighted by Gasteiger charge is 2.05. The van der Waals surface area contributed by atoms with Crippen molar-refractivity contribution >= 4 is 17.7 Å². The van der Waals surface area contributed by atoms with Gasteiger partial charge in [0.05, 0.1) is 17.4 Å². The van der Waals surface area contributed by atoms with E-state index < -0.39 is 0 Å². The molecule has 0 atom stereocenters. The van der Waals surface area contributed by atoms with Crippen LogP contribution in [-0.2, 0) is 10.5 Å². The molecule has 1 rings (SSSR count). The lowest BCUT2D eigenvalue weighted by atomic mass is 10.1. The third kappa shape index (κ3) is 4.12. The monoisotopic (exact) mass is 248 g/mol. The Kier molecular flexibility index (Phi) is 5.05. The zero-order valence-corrected chi connectivity index (χ0v) is 11.2. The van der Waals surface area contributed by atoms with Gasteiger partial charge in [0.15, 0.2) is 0 Å². The maximum Gasteiger partial charge on any atom is 0.232 e. The van der Waals surface area contributed by atoms with Crippen LogP contribution in [0.25, 0.3) is 0 Å². The van der Waals surface area contributed by atoms with Crippen LogP contribution in [0, 0.1) is 18.3 Å². The van der Waals surface area contributed by atoms with E-state index >= 15 is 0 Å². The fraction of sp³-hybridized carbons (Fsp3) is 0.385. The molecule has 0 aliphatic carbocycles. The Hall–Kier alpha value is -1.47. The zero-order chi connectivity index (χ0) is 12.8. The SMILES string of the molecule is Cc1cc(C#N)ccc1CSCC(=O)N(C)C. The van der Waals surface area contributed by atoms with Crippen LogP contribution in [-0.4, -0.2) is 30.7 Å². The Labute approximate surface area is 106 Å². The first-order valence-electron chi connectivity index (χ1n) is 5.32. The third-order valence-corrected chi connectivity index (χ3v) is 3.42. The summed E-state index contributed by atoms with van der Waals surface area (Å²) in [6, 6.07) is 7.77. The molecule has 0 saturated carbocycles. The highest BCUT2D eigenvalue weighted by Crippen LogP contribution is 2.17. The molecule has 4 heteroatoms. The Morgan fingerprint density at radius 2 is 2.18 bits per heavy atom. The lowest BCUT2D eigenvalue weighted by Crippen LogP contribution is -2.23. The molecule has 0 spiro atoms. The van der Waals surface area contributed by atoms with Gasteiger partial charge in [-0.15, -0.1) is 11.8 Å². The molecule has 1 aromatic rings. The number of thioether (sulfide) groups is 1. The summed E-state index contributed by atoms with van der Waals surface area (Å²) in [5.41, 5.74) is 2.97. The van der Waals surface area contributed by atoms with Gasteiger partial charge in [0.1, 0.15) is 0 Å². The van der Waals surface area contributed by atoms with E-state index in [0.29, 0.717) is 11.3 Å². The van der Waals surface area contributed by atoms with Crippen LogP contribution in [0.5, 0.6) is 0 Å². The predicted octanol–water partition coefficient (Wildman–Crippen LogP) is 2.19. The van der Waals surface area contributed by atoms with Crippen LogP contribution < -0.4 is 0 Å². The highest BCUT2D eigenvalue weighted by molar-refractivity contribution is 7.99. The molecule has 0 bridgehead atoms. The number of hydrogen-bond acceptors (Lipinski definition) is 3. The van der Waals surface area contributed by atoms with E-state index in [4.69, 9.17) is 5.26 Å². The highest BCUT2D eigenvalue weighted by atomic mass is 32.2. The molecule has 0 N–H and O–H groups in total. The number of carbonyl (C=O) groups is 1. The number of rotatable bonds is 4. The van der Waals surface area contributed by atoms with Crippen molar-refractivity contribution in [2.24, 2.45) is 0 Å². The second-order valence-corrected chi connectivity index (χ2v) is 5.02. The topological polar surface area (TPSA) is 44.1 Å². The summed E-state index contributed by atoms with van der Waals surface area (Å²) >= 11 is 1.60. The molecule has 0 aromatic heterocycles. The first-order chi connectivity index (χ1) is 8.04. The second-order valence-electron chi connectivity index (χ2n) is 4.03. The second kappa shape index (κ2) is 6.31. The first-order valence-corrected chi connectivity index (χ1v) is 6.47. The summed E-state index contributed by atoms with van der Waals surface area (Å²) in [6.45, 7) is 1.99. The Morgan fingerprint density at radius 1 is 1.47 bits per heavy atom. The fourth-order valence-electron chi connectivity index (χ4n) is 1.30. The number of hydrogen-bond donors (Lipinski definition) is 0. The maximum absolute atomic E-state index is 11.4. The Bertz CT molecular complexity index is 449. The van der Waals surface area contributed by atoms with Crippen LogP contribution >= 0.6 is 11.8 Å². The van der Waals surface area contributed by atoms with Gasteiger partial charge in [-0.1, -0.05) is 6.07 Å². The number of amides is 1. The minimum absolute atomic E-state index is 0.126.